The molecule has 0 saturated heterocycles. The Kier molecular flexibility index (Phi) is 6.25. The Morgan fingerprint density at radius 2 is 1.83 bits per heavy atom. The summed E-state index contributed by atoms with van der Waals surface area (Å²) >= 11 is 1.35. The van der Waals surface area contributed by atoms with E-state index >= 15 is 0 Å². The van der Waals surface area contributed by atoms with Crippen LogP contribution in [0.1, 0.15) is 23.8 Å². The maximum Gasteiger partial charge on any atom is 0.270 e. The van der Waals surface area contributed by atoms with Crippen molar-refractivity contribution in [1.82, 2.24) is 10.3 Å². The molecular weight excluding hydrogens is 330 g/mol. The molecule has 0 unspecified atom stereocenters. The Hall–Kier alpha value is -2.48. The number of amides is 1. The van der Waals surface area contributed by atoms with Crippen LogP contribution in [-0.4, -0.2) is 38.8 Å². The summed E-state index contributed by atoms with van der Waals surface area (Å²) in [4.78, 5) is 16.2. The van der Waals surface area contributed by atoms with Crippen molar-refractivity contribution in [3.8, 4) is 17.2 Å². The minimum absolute atomic E-state index is 0.175. The summed E-state index contributed by atoms with van der Waals surface area (Å²) in [6, 6.07) is 3.55. The summed E-state index contributed by atoms with van der Waals surface area (Å²) in [5, 5.41) is 8.26. The van der Waals surface area contributed by atoms with Crippen LogP contribution >= 0.6 is 11.3 Å². The normalized spacial score (nSPS) is 10.2. The van der Waals surface area contributed by atoms with Gasteiger partial charge in [-0.1, -0.05) is 6.92 Å². The molecule has 1 aromatic heterocycles. The van der Waals surface area contributed by atoms with Crippen molar-refractivity contribution in [2.24, 2.45) is 0 Å². The fourth-order valence-electron chi connectivity index (χ4n) is 2.04. The third-order valence-electron chi connectivity index (χ3n) is 3.19. The first-order chi connectivity index (χ1) is 11.6. The van der Waals surface area contributed by atoms with Crippen molar-refractivity contribution in [3.63, 3.8) is 0 Å². The molecule has 1 aromatic carbocycles. The first-order valence-corrected chi connectivity index (χ1v) is 8.31. The number of rotatable bonds is 8. The Bertz CT molecular complexity index is 677. The Morgan fingerprint density at radius 3 is 2.38 bits per heavy atom. The smallest absolute Gasteiger partial charge is 0.270 e. The third-order valence-corrected chi connectivity index (χ3v) is 3.95. The molecule has 2 rings (SSSR count). The maximum atomic E-state index is 11.9. The molecule has 1 amide bonds. The van der Waals surface area contributed by atoms with Crippen LogP contribution in [0.3, 0.4) is 0 Å². The maximum absolute atomic E-state index is 11.9. The van der Waals surface area contributed by atoms with Crippen LogP contribution < -0.4 is 24.8 Å². The minimum Gasteiger partial charge on any atom is -0.493 e. The lowest BCUT2D eigenvalue weighted by atomic mass is 10.2. The molecule has 1 heterocycles. The van der Waals surface area contributed by atoms with Gasteiger partial charge >= 0.3 is 0 Å². The van der Waals surface area contributed by atoms with Crippen molar-refractivity contribution in [3.05, 3.63) is 23.2 Å². The van der Waals surface area contributed by atoms with Crippen LogP contribution in [0.2, 0.25) is 0 Å². The summed E-state index contributed by atoms with van der Waals surface area (Å²) in [6.45, 7) is 2.63. The molecule has 130 valence electrons. The van der Waals surface area contributed by atoms with Crippen molar-refractivity contribution >= 4 is 28.1 Å². The number of benzene rings is 1. The quantitative estimate of drug-likeness (QED) is 0.761. The van der Waals surface area contributed by atoms with Gasteiger partial charge in [0, 0.05) is 29.7 Å². The van der Waals surface area contributed by atoms with Crippen LogP contribution in [0.15, 0.2) is 17.5 Å². The molecule has 0 atom stereocenters. The van der Waals surface area contributed by atoms with Gasteiger partial charge in [0.15, 0.2) is 16.6 Å². The number of methoxy groups -OCH3 is 3. The van der Waals surface area contributed by atoms with Gasteiger partial charge in [-0.25, -0.2) is 4.98 Å². The molecule has 2 N–H and O–H groups in total. The van der Waals surface area contributed by atoms with E-state index in [9.17, 15) is 4.79 Å². The lowest BCUT2D eigenvalue weighted by molar-refractivity contribution is 0.0949. The second-order valence-corrected chi connectivity index (χ2v) is 5.69. The van der Waals surface area contributed by atoms with Crippen LogP contribution in [-0.2, 0) is 0 Å². The molecule has 2 aromatic rings. The molecule has 0 aliphatic carbocycles. The van der Waals surface area contributed by atoms with Gasteiger partial charge in [-0.15, -0.1) is 11.3 Å². The average molecular weight is 351 g/mol. The molecule has 0 bridgehead atoms. The van der Waals surface area contributed by atoms with Gasteiger partial charge in [0.25, 0.3) is 5.91 Å². The van der Waals surface area contributed by atoms with E-state index in [2.05, 4.69) is 15.6 Å². The van der Waals surface area contributed by atoms with Crippen LogP contribution in [0, 0.1) is 0 Å². The number of hydrogen-bond acceptors (Lipinski definition) is 7. The SMILES string of the molecule is CCCNC(=O)c1csc(Nc2cc(OC)c(OC)c(OC)c2)n1. The van der Waals surface area contributed by atoms with Gasteiger partial charge in [-0.2, -0.15) is 0 Å². The van der Waals surface area contributed by atoms with Gasteiger partial charge in [0.05, 0.1) is 21.3 Å². The van der Waals surface area contributed by atoms with Crippen LogP contribution in [0.25, 0.3) is 0 Å². The fraction of sp³-hybridized carbons (Fsp3) is 0.375. The van der Waals surface area contributed by atoms with Gasteiger partial charge in [0.1, 0.15) is 5.69 Å². The number of anilines is 2. The molecule has 0 radical (unpaired) electrons. The van der Waals surface area contributed by atoms with Crippen molar-refractivity contribution < 1.29 is 19.0 Å². The highest BCUT2D eigenvalue weighted by Crippen LogP contribution is 2.40. The second-order valence-electron chi connectivity index (χ2n) is 4.83. The van der Waals surface area contributed by atoms with Gasteiger partial charge in [0.2, 0.25) is 5.75 Å². The van der Waals surface area contributed by atoms with E-state index in [1.807, 2.05) is 6.92 Å². The van der Waals surface area contributed by atoms with E-state index in [4.69, 9.17) is 14.2 Å². The summed E-state index contributed by atoms with van der Waals surface area (Å²) in [7, 11) is 4.66. The highest BCUT2D eigenvalue weighted by molar-refractivity contribution is 7.14. The minimum atomic E-state index is -0.175. The molecular formula is C16H21N3O4S. The lowest BCUT2D eigenvalue weighted by Gasteiger charge is -2.14. The van der Waals surface area contributed by atoms with Crippen molar-refractivity contribution in [2.75, 3.05) is 33.2 Å². The predicted molar refractivity (Wildman–Crippen MR) is 94.1 cm³/mol. The van der Waals surface area contributed by atoms with E-state index in [1.54, 1.807) is 38.8 Å². The van der Waals surface area contributed by atoms with E-state index in [0.717, 1.165) is 12.1 Å². The van der Waals surface area contributed by atoms with E-state index in [1.165, 1.54) is 11.3 Å². The van der Waals surface area contributed by atoms with Gasteiger partial charge < -0.3 is 24.8 Å². The number of ether oxygens (including phenoxy) is 3. The monoisotopic (exact) mass is 351 g/mol. The summed E-state index contributed by atoms with van der Waals surface area (Å²) in [5.41, 5.74) is 1.11. The number of carbonyl (C=O) groups is 1. The van der Waals surface area contributed by atoms with Crippen molar-refractivity contribution in [1.29, 1.82) is 0 Å². The predicted octanol–water partition coefficient (Wildman–Crippen LogP) is 3.05. The van der Waals surface area contributed by atoms with E-state index in [-0.39, 0.29) is 5.91 Å². The van der Waals surface area contributed by atoms with Crippen LogP contribution in [0.5, 0.6) is 17.2 Å². The number of thiazole rings is 1. The van der Waals surface area contributed by atoms with Gasteiger partial charge in [-0.3, -0.25) is 4.79 Å². The molecule has 0 fully saturated rings. The summed E-state index contributed by atoms with van der Waals surface area (Å²) in [5.74, 6) is 1.42. The molecule has 8 heteroatoms. The summed E-state index contributed by atoms with van der Waals surface area (Å²) in [6.07, 6.45) is 0.881. The molecule has 0 saturated carbocycles. The first kappa shape index (κ1) is 17.9. The Morgan fingerprint density at radius 1 is 1.17 bits per heavy atom. The van der Waals surface area contributed by atoms with Crippen molar-refractivity contribution in [2.45, 2.75) is 13.3 Å². The standard InChI is InChI=1S/C16H21N3O4S/c1-5-6-17-15(20)11-9-24-16(19-11)18-10-7-12(21-2)14(23-4)13(8-10)22-3/h7-9H,5-6H2,1-4H3,(H,17,20)(H,18,19). The zero-order valence-corrected chi connectivity index (χ0v) is 15.0. The summed E-state index contributed by atoms with van der Waals surface area (Å²) < 4.78 is 15.9. The largest absolute Gasteiger partial charge is 0.493 e. The number of aromatic nitrogens is 1. The highest BCUT2D eigenvalue weighted by atomic mass is 32.1. The molecule has 0 spiro atoms. The average Bonchev–Trinajstić information content (AvgIpc) is 3.07. The zero-order valence-electron chi connectivity index (χ0n) is 14.1. The topological polar surface area (TPSA) is 81.7 Å². The number of nitrogens with one attached hydrogen (secondary N) is 2. The first-order valence-electron chi connectivity index (χ1n) is 7.43. The zero-order chi connectivity index (χ0) is 17.5. The Balaban J connectivity index is 2.19. The molecule has 24 heavy (non-hydrogen) atoms. The molecule has 0 aliphatic rings. The number of nitrogens with zero attached hydrogens (tertiary/aromatic N) is 1. The third kappa shape index (κ3) is 4.08. The van der Waals surface area contributed by atoms with Gasteiger partial charge in [-0.05, 0) is 6.42 Å². The Labute approximate surface area is 145 Å². The van der Waals surface area contributed by atoms with E-state index in [0.29, 0.717) is 34.6 Å². The lowest BCUT2D eigenvalue weighted by Crippen LogP contribution is -2.24. The highest BCUT2D eigenvalue weighted by Gasteiger charge is 2.15. The second kappa shape index (κ2) is 8.39. The fourth-order valence-corrected chi connectivity index (χ4v) is 2.75. The molecule has 0 aliphatic heterocycles. The van der Waals surface area contributed by atoms with E-state index < -0.39 is 0 Å². The molecule has 7 nitrogen and oxygen atoms in total. The number of carbonyl (C=O) groups excluding carboxylic acids is 1. The number of hydrogen-bond donors (Lipinski definition) is 2. The van der Waals surface area contributed by atoms with Crippen LogP contribution in [0.4, 0.5) is 10.8 Å².